The highest BCUT2D eigenvalue weighted by molar-refractivity contribution is 7.80. The van der Waals surface area contributed by atoms with Crippen LogP contribution in [0.15, 0.2) is 60.8 Å². The predicted molar refractivity (Wildman–Crippen MR) is 103 cm³/mol. The van der Waals surface area contributed by atoms with Gasteiger partial charge in [0.2, 0.25) is 5.88 Å². The minimum absolute atomic E-state index is 0.0386. The summed E-state index contributed by atoms with van der Waals surface area (Å²) in [6.07, 6.45) is 1.68. The molecule has 0 saturated heterocycles. The van der Waals surface area contributed by atoms with Crippen LogP contribution in [0.5, 0.6) is 5.88 Å². The monoisotopic (exact) mass is 388 g/mol. The molecule has 0 radical (unpaired) electrons. The molecule has 2 aromatic carbocycles. The van der Waals surface area contributed by atoms with E-state index < -0.39 is 4.92 Å². The Bertz CT molecular complexity index is 926. The lowest BCUT2D eigenvalue weighted by Gasteiger charge is -2.07. The second-order valence-electron chi connectivity index (χ2n) is 5.25. The zero-order valence-electron chi connectivity index (χ0n) is 13.3. The van der Waals surface area contributed by atoms with Crippen molar-refractivity contribution in [2.75, 3.05) is 5.32 Å². The Labute approximate surface area is 159 Å². The summed E-state index contributed by atoms with van der Waals surface area (Å²) in [5.74, 6) is 0.392. The zero-order chi connectivity index (χ0) is 18.5. The van der Waals surface area contributed by atoms with E-state index in [0.717, 1.165) is 11.3 Å². The van der Waals surface area contributed by atoms with E-state index in [1.807, 2.05) is 12.1 Å². The van der Waals surface area contributed by atoms with Crippen LogP contribution in [0.3, 0.4) is 0 Å². The number of nitrogens with zero attached hydrogens (tertiary/aromatic N) is 3. The second kappa shape index (κ2) is 7.94. The van der Waals surface area contributed by atoms with E-state index in [9.17, 15) is 10.1 Å². The number of nitro benzene ring substituents is 1. The minimum Gasteiger partial charge on any atom is -0.472 e. The number of nitrogens with one attached hydrogen (secondary N) is 1. The Balaban J connectivity index is 1.57. The van der Waals surface area contributed by atoms with Crippen molar-refractivity contribution in [3.63, 3.8) is 0 Å². The highest BCUT2D eigenvalue weighted by atomic mass is 35.5. The van der Waals surface area contributed by atoms with E-state index in [1.165, 1.54) is 16.8 Å². The quantitative estimate of drug-likeness (QED) is 0.399. The SMILES string of the molecule is O=[N+]([O-])c1ccc(COc2ccn(C(=S)Nc3ccc(Cl)cc3)n2)cc1. The number of benzene rings is 2. The summed E-state index contributed by atoms with van der Waals surface area (Å²) in [7, 11) is 0. The molecule has 3 rings (SSSR count). The number of hydrogen-bond acceptors (Lipinski definition) is 5. The molecule has 9 heteroatoms. The molecule has 0 bridgehead atoms. The van der Waals surface area contributed by atoms with Crippen LogP contribution < -0.4 is 10.1 Å². The van der Waals surface area contributed by atoms with Crippen molar-refractivity contribution in [1.82, 2.24) is 9.78 Å². The molecule has 0 spiro atoms. The van der Waals surface area contributed by atoms with Crippen molar-refractivity contribution in [3.05, 3.63) is 81.5 Å². The highest BCUT2D eigenvalue weighted by Gasteiger charge is 2.07. The van der Waals surface area contributed by atoms with Gasteiger partial charge in [-0.05, 0) is 54.2 Å². The van der Waals surface area contributed by atoms with E-state index >= 15 is 0 Å². The van der Waals surface area contributed by atoms with Gasteiger partial charge in [-0.1, -0.05) is 11.6 Å². The smallest absolute Gasteiger partial charge is 0.269 e. The van der Waals surface area contributed by atoms with Gasteiger partial charge in [0.15, 0.2) is 5.11 Å². The molecular weight excluding hydrogens is 376 g/mol. The van der Waals surface area contributed by atoms with Gasteiger partial charge < -0.3 is 10.1 Å². The maximum Gasteiger partial charge on any atom is 0.269 e. The van der Waals surface area contributed by atoms with Crippen LogP contribution in [0.2, 0.25) is 5.02 Å². The third kappa shape index (κ3) is 4.56. The fourth-order valence-corrected chi connectivity index (χ4v) is 2.43. The lowest BCUT2D eigenvalue weighted by Crippen LogP contribution is -2.19. The molecule has 0 aliphatic heterocycles. The molecule has 0 unspecified atom stereocenters. The Hall–Kier alpha value is -2.97. The van der Waals surface area contributed by atoms with Gasteiger partial charge in [-0.25, -0.2) is 4.68 Å². The zero-order valence-corrected chi connectivity index (χ0v) is 14.9. The van der Waals surface area contributed by atoms with Crippen LogP contribution >= 0.6 is 23.8 Å². The van der Waals surface area contributed by atoms with Crippen LogP contribution in [-0.2, 0) is 6.61 Å². The maximum absolute atomic E-state index is 10.6. The minimum atomic E-state index is -0.444. The summed E-state index contributed by atoms with van der Waals surface area (Å²) >= 11 is 11.2. The Morgan fingerprint density at radius 1 is 1.19 bits per heavy atom. The third-order valence-corrected chi connectivity index (χ3v) is 3.94. The van der Waals surface area contributed by atoms with E-state index in [4.69, 9.17) is 28.6 Å². The lowest BCUT2D eigenvalue weighted by atomic mass is 10.2. The summed E-state index contributed by atoms with van der Waals surface area (Å²) < 4.78 is 7.06. The van der Waals surface area contributed by atoms with Crippen LogP contribution in [0.4, 0.5) is 11.4 Å². The number of rotatable bonds is 5. The Morgan fingerprint density at radius 2 is 1.88 bits per heavy atom. The molecule has 3 aromatic rings. The lowest BCUT2D eigenvalue weighted by molar-refractivity contribution is -0.384. The van der Waals surface area contributed by atoms with Crippen LogP contribution in [-0.4, -0.2) is 19.8 Å². The number of hydrogen-bond donors (Lipinski definition) is 1. The van der Waals surface area contributed by atoms with Crippen molar-refractivity contribution in [3.8, 4) is 5.88 Å². The van der Waals surface area contributed by atoms with Crippen LogP contribution in [0.1, 0.15) is 5.56 Å². The van der Waals surface area contributed by atoms with E-state index in [-0.39, 0.29) is 12.3 Å². The van der Waals surface area contributed by atoms with Crippen molar-refractivity contribution >= 4 is 40.3 Å². The molecule has 1 heterocycles. The Morgan fingerprint density at radius 3 is 2.54 bits per heavy atom. The predicted octanol–water partition coefficient (Wildman–Crippen LogP) is 4.27. The standard InChI is InChI=1S/C17H13ClN4O3S/c18-13-3-5-14(6-4-13)19-17(26)21-10-9-16(20-21)25-11-12-1-7-15(8-2-12)22(23)24/h1-10H,11H2,(H,19,26). The van der Waals surface area contributed by atoms with Gasteiger partial charge in [0.25, 0.3) is 5.69 Å². The average Bonchev–Trinajstić information content (AvgIpc) is 3.11. The van der Waals surface area contributed by atoms with Crippen LogP contribution in [0, 0.1) is 10.1 Å². The number of nitro groups is 1. The molecule has 0 atom stereocenters. The molecule has 1 aromatic heterocycles. The van der Waals surface area contributed by atoms with Crippen molar-refractivity contribution in [1.29, 1.82) is 0 Å². The number of thiocarbonyl (C=S) groups is 1. The van der Waals surface area contributed by atoms with Gasteiger partial charge in [-0.2, -0.15) is 0 Å². The molecule has 26 heavy (non-hydrogen) atoms. The Kier molecular flexibility index (Phi) is 5.45. The molecular formula is C17H13ClN4O3S. The summed E-state index contributed by atoms with van der Waals surface area (Å²) in [6, 6.07) is 15.0. The number of anilines is 1. The third-order valence-electron chi connectivity index (χ3n) is 3.40. The van der Waals surface area contributed by atoms with Crippen molar-refractivity contribution < 1.29 is 9.66 Å². The molecule has 0 fully saturated rings. The molecule has 1 N–H and O–H groups in total. The molecule has 7 nitrogen and oxygen atoms in total. The first kappa shape index (κ1) is 17.8. The molecule has 0 saturated carbocycles. The van der Waals surface area contributed by atoms with Gasteiger partial charge in [-0.3, -0.25) is 10.1 Å². The van der Waals surface area contributed by atoms with Gasteiger partial charge in [0.1, 0.15) is 6.61 Å². The summed E-state index contributed by atoms with van der Waals surface area (Å²) in [4.78, 5) is 10.2. The first-order chi connectivity index (χ1) is 12.5. The number of halogens is 1. The maximum atomic E-state index is 10.6. The first-order valence-electron chi connectivity index (χ1n) is 7.50. The number of non-ortho nitro benzene ring substituents is 1. The second-order valence-corrected chi connectivity index (χ2v) is 6.07. The average molecular weight is 389 g/mol. The molecule has 0 amide bonds. The van der Waals surface area contributed by atoms with Crippen molar-refractivity contribution in [2.45, 2.75) is 6.61 Å². The summed E-state index contributed by atoms with van der Waals surface area (Å²) in [5, 5.41) is 19.0. The fourth-order valence-electron chi connectivity index (χ4n) is 2.08. The topological polar surface area (TPSA) is 82.2 Å². The van der Waals surface area contributed by atoms with Crippen LogP contribution in [0.25, 0.3) is 0 Å². The molecule has 132 valence electrons. The van der Waals surface area contributed by atoms with Gasteiger partial charge in [-0.15, -0.1) is 5.10 Å². The summed E-state index contributed by atoms with van der Waals surface area (Å²) in [5.41, 5.74) is 1.63. The van der Waals surface area contributed by atoms with Gasteiger partial charge >= 0.3 is 0 Å². The number of ether oxygens (including phenoxy) is 1. The van der Waals surface area contributed by atoms with Gasteiger partial charge in [0, 0.05) is 35.1 Å². The fraction of sp³-hybridized carbons (Fsp3) is 0.0588. The largest absolute Gasteiger partial charge is 0.472 e. The van der Waals surface area contributed by atoms with E-state index in [2.05, 4.69) is 10.4 Å². The highest BCUT2D eigenvalue weighted by Crippen LogP contribution is 2.16. The first-order valence-corrected chi connectivity index (χ1v) is 8.28. The van der Waals surface area contributed by atoms with Crippen molar-refractivity contribution in [2.24, 2.45) is 0 Å². The molecule has 0 aliphatic carbocycles. The van der Waals surface area contributed by atoms with E-state index in [0.29, 0.717) is 16.0 Å². The summed E-state index contributed by atoms with van der Waals surface area (Å²) in [6.45, 7) is 0.242. The van der Waals surface area contributed by atoms with E-state index in [1.54, 1.807) is 36.5 Å². The van der Waals surface area contributed by atoms with Gasteiger partial charge in [0.05, 0.1) is 4.92 Å². The number of aromatic nitrogens is 2. The molecule has 0 aliphatic rings. The normalized spacial score (nSPS) is 10.3.